The number of aryl methyl sites for hydroxylation is 2. The normalized spacial score (nSPS) is 18.9. The molecule has 0 saturated carbocycles. The third kappa shape index (κ3) is 4.43. The van der Waals surface area contributed by atoms with Crippen molar-refractivity contribution in [1.82, 2.24) is 19.6 Å². The first-order valence-corrected chi connectivity index (χ1v) is 8.54. The molecule has 0 N–H and O–H groups in total. The van der Waals surface area contributed by atoms with E-state index < -0.39 is 0 Å². The van der Waals surface area contributed by atoms with Crippen molar-refractivity contribution in [3.05, 3.63) is 53.3 Å². The molecule has 0 radical (unpaired) electrons. The summed E-state index contributed by atoms with van der Waals surface area (Å²) >= 11 is 0. The molecule has 4 heteroatoms. The van der Waals surface area contributed by atoms with E-state index >= 15 is 0 Å². The largest absolute Gasteiger partial charge is 0.302 e. The summed E-state index contributed by atoms with van der Waals surface area (Å²) in [5, 5.41) is 4.44. The molecule has 1 saturated heterocycles. The van der Waals surface area contributed by atoms with E-state index in [1.807, 2.05) is 11.7 Å². The lowest BCUT2D eigenvalue weighted by Gasteiger charge is -2.21. The van der Waals surface area contributed by atoms with E-state index in [0.29, 0.717) is 0 Å². The average molecular weight is 312 g/mol. The number of benzene rings is 1. The number of hydrogen-bond donors (Lipinski definition) is 0. The van der Waals surface area contributed by atoms with Gasteiger partial charge in [0.05, 0.1) is 5.69 Å². The highest BCUT2D eigenvalue weighted by atomic mass is 15.3. The molecule has 23 heavy (non-hydrogen) atoms. The molecule has 1 fully saturated rings. The quantitative estimate of drug-likeness (QED) is 0.819. The van der Waals surface area contributed by atoms with E-state index in [4.69, 9.17) is 0 Å². The first-order chi connectivity index (χ1) is 11.1. The molecular formula is C19H28N4. The number of aromatic nitrogens is 2. The molecule has 1 aromatic heterocycles. The third-order valence-electron chi connectivity index (χ3n) is 4.74. The van der Waals surface area contributed by atoms with Crippen LogP contribution in [0.2, 0.25) is 0 Å². The molecule has 2 heterocycles. The predicted octanol–water partition coefficient (Wildman–Crippen LogP) is 2.68. The van der Waals surface area contributed by atoms with Crippen LogP contribution in [0.25, 0.3) is 0 Å². The molecule has 1 atom stereocenters. The zero-order chi connectivity index (χ0) is 16.2. The minimum atomic E-state index is 0.778. The van der Waals surface area contributed by atoms with Gasteiger partial charge in [-0.05, 0) is 38.4 Å². The van der Waals surface area contributed by atoms with E-state index in [1.54, 1.807) is 0 Å². The van der Waals surface area contributed by atoms with Crippen LogP contribution in [0.1, 0.15) is 23.2 Å². The molecule has 0 unspecified atom stereocenters. The monoisotopic (exact) mass is 312 g/mol. The lowest BCUT2D eigenvalue weighted by atomic mass is 10.1. The number of hydrogen-bond acceptors (Lipinski definition) is 3. The zero-order valence-corrected chi connectivity index (χ0v) is 14.6. The molecule has 124 valence electrons. The predicted molar refractivity (Wildman–Crippen MR) is 94.1 cm³/mol. The Bertz CT molecular complexity index is 620. The van der Waals surface area contributed by atoms with Crippen molar-refractivity contribution in [1.29, 1.82) is 0 Å². The van der Waals surface area contributed by atoms with Crippen LogP contribution in [0.3, 0.4) is 0 Å². The molecule has 0 bridgehead atoms. The van der Waals surface area contributed by atoms with E-state index in [-0.39, 0.29) is 0 Å². The zero-order valence-electron chi connectivity index (χ0n) is 14.6. The summed E-state index contributed by atoms with van der Waals surface area (Å²) in [5.74, 6) is 0.778. The minimum Gasteiger partial charge on any atom is -0.302 e. The van der Waals surface area contributed by atoms with Crippen molar-refractivity contribution in [3.8, 4) is 0 Å². The molecule has 1 aliphatic heterocycles. The van der Waals surface area contributed by atoms with Gasteiger partial charge in [0.1, 0.15) is 0 Å². The fourth-order valence-electron chi connectivity index (χ4n) is 3.65. The van der Waals surface area contributed by atoms with Gasteiger partial charge in [0.25, 0.3) is 0 Å². The molecule has 3 rings (SSSR count). The maximum atomic E-state index is 4.44. The van der Waals surface area contributed by atoms with Crippen LogP contribution in [0.5, 0.6) is 0 Å². The van der Waals surface area contributed by atoms with Crippen LogP contribution >= 0.6 is 0 Å². The lowest BCUT2D eigenvalue weighted by molar-refractivity contribution is 0.254. The van der Waals surface area contributed by atoms with Crippen LogP contribution in [-0.2, 0) is 20.1 Å². The van der Waals surface area contributed by atoms with E-state index in [0.717, 1.165) is 24.7 Å². The Hall–Kier alpha value is -1.65. The number of nitrogens with zero attached hydrogens (tertiary/aromatic N) is 4. The Morgan fingerprint density at radius 3 is 2.74 bits per heavy atom. The maximum absolute atomic E-state index is 4.44. The Morgan fingerprint density at radius 1 is 1.26 bits per heavy atom. The summed E-state index contributed by atoms with van der Waals surface area (Å²) in [5.41, 5.74) is 3.91. The van der Waals surface area contributed by atoms with Crippen molar-refractivity contribution in [2.45, 2.75) is 26.4 Å². The van der Waals surface area contributed by atoms with Crippen LogP contribution < -0.4 is 0 Å². The molecule has 0 amide bonds. The summed E-state index contributed by atoms with van der Waals surface area (Å²) in [6, 6.07) is 10.8. The van der Waals surface area contributed by atoms with E-state index in [9.17, 15) is 0 Å². The van der Waals surface area contributed by atoms with Gasteiger partial charge >= 0.3 is 0 Å². The first kappa shape index (κ1) is 16.2. The highest BCUT2D eigenvalue weighted by molar-refractivity contribution is 5.15. The summed E-state index contributed by atoms with van der Waals surface area (Å²) in [7, 11) is 4.22. The second-order valence-electron chi connectivity index (χ2n) is 6.99. The van der Waals surface area contributed by atoms with Crippen LogP contribution in [0.4, 0.5) is 0 Å². The minimum absolute atomic E-state index is 0.778. The standard InChI is InChI=1S/C19H28N4/c1-16-19(15-22(3)20-16)14-21(2)11-18-9-10-23(13-18)12-17-7-5-4-6-8-17/h4-8,15,18H,9-14H2,1-3H3/t18-/m1/s1. The first-order valence-electron chi connectivity index (χ1n) is 8.54. The van der Waals surface area contributed by atoms with Crippen molar-refractivity contribution in [2.24, 2.45) is 13.0 Å². The Kier molecular flexibility index (Phi) is 5.13. The van der Waals surface area contributed by atoms with Gasteiger partial charge in [0.15, 0.2) is 0 Å². The van der Waals surface area contributed by atoms with Gasteiger partial charge < -0.3 is 4.90 Å². The van der Waals surface area contributed by atoms with E-state index in [2.05, 4.69) is 65.4 Å². The third-order valence-corrected chi connectivity index (χ3v) is 4.74. The molecule has 0 aliphatic carbocycles. The topological polar surface area (TPSA) is 24.3 Å². The van der Waals surface area contributed by atoms with E-state index in [1.165, 1.54) is 37.2 Å². The van der Waals surface area contributed by atoms with Gasteiger partial charge in [-0.2, -0.15) is 5.10 Å². The summed E-state index contributed by atoms with van der Waals surface area (Å²) in [4.78, 5) is 5.03. The molecule has 1 aromatic carbocycles. The molecule has 1 aliphatic rings. The smallest absolute Gasteiger partial charge is 0.0638 e. The summed E-state index contributed by atoms with van der Waals surface area (Å²) in [6.45, 7) is 7.78. The van der Waals surface area contributed by atoms with Crippen molar-refractivity contribution in [3.63, 3.8) is 0 Å². The van der Waals surface area contributed by atoms with Gasteiger partial charge in [-0.15, -0.1) is 0 Å². The Labute approximate surface area is 139 Å². The summed E-state index contributed by atoms with van der Waals surface area (Å²) < 4.78 is 1.91. The van der Waals surface area contributed by atoms with Crippen LogP contribution in [-0.4, -0.2) is 46.3 Å². The van der Waals surface area contributed by atoms with Gasteiger partial charge in [-0.1, -0.05) is 30.3 Å². The van der Waals surface area contributed by atoms with Crippen molar-refractivity contribution < 1.29 is 0 Å². The highest BCUT2D eigenvalue weighted by Crippen LogP contribution is 2.20. The van der Waals surface area contributed by atoms with Gasteiger partial charge in [0, 0.05) is 45.0 Å². The van der Waals surface area contributed by atoms with Crippen molar-refractivity contribution in [2.75, 3.05) is 26.7 Å². The number of likely N-dealkylation sites (tertiary alicyclic amines) is 1. The number of rotatable bonds is 6. The second-order valence-corrected chi connectivity index (χ2v) is 6.99. The highest BCUT2D eigenvalue weighted by Gasteiger charge is 2.23. The Balaban J connectivity index is 1.47. The fourth-order valence-corrected chi connectivity index (χ4v) is 3.65. The van der Waals surface area contributed by atoms with Gasteiger partial charge in [0.2, 0.25) is 0 Å². The molecular weight excluding hydrogens is 284 g/mol. The molecule has 0 spiro atoms. The van der Waals surface area contributed by atoms with Crippen LogP contribution in [0.15, 0.2) is 36.5 Å². The average Bonchev–Trinajstić information content (AvgIpc) is 3.06. The lowest BCUT2D eigenvalue weighted by Crippen LogP contribution is -2.28. The Morgan fingerprint density at radius 2 is 2.04 bits per heavy atom. The molecule has 4 nitrogen and oxygen atoms in total. The summed E-state index contributed by atoms with van der Waals surface area (Å²) in [6.07, 6.45) is 3.45. The second kappa shape index (κ2) is 7.28. The molecule has 2 aromatic rings. The van der Waals surface area contributed by atoms with Crippen LogP contribution in [0, 0.1) is 12.8 Å². The van der Waals surface area contributed by atoms with Gasteiger partial charge in [-0.25, -0.2) is 0 Å². The van der Waals surface area contributed by atoms with Gasteiger partial charge in [-0.3, -0.25) is 9.58 Å². The van der Waals surface area contributed by atoms with Crippen molar-refractivity contribution >= 4 is 0 Å². The maximum Gasteiger partial charge on any atom is 0.0638 e. The SMILES string of the molecule is Cc1nn(C)cc1CN(C)C[C@H]1CCN(Cc2ccccc2)C1. The fraction of sp³-hybridized carbons (Fsp3) is 0.526.